The van der Waals surface area contributed by atoms with Gasteiger partial charge in [-0.1, -0.05) is 23.2 Å². The number of carbonyl (C=O) groups is 1. The summed E-state index contributed by atoms with van der Waals surface area (Å²) in [7, 11) is 0. The Bertz CT molecular complexity index is 524. The highest BCUT2D eigenvalue weighted by atomic mass is 35.5. The van der Waals surface area contributed by atoms with Crippen LogP contribution in [0.3, 0.4) is 0 Å². The molecule has 21 heavy (non-hydrogen) atoms. The minimum Gasteiger partial charge on any atom is -0.350 e. The number of hydrogen-bond acceptors (Lipinski definition) is 3. The molecule has 0 unspecified atom stereocenters. The molecule has 1 aromatic rings. The Kier molecular flexibility index (Phi) is 4.69. The quantitative estimate of drug-likeness (QED) is 0.836. The van der Waals surface area contributed by atoms with Crippen molar-refractivity contribution >= 4 is 29.1 Å². The van der Waals surface area contributed by atoms with Crippen molar-refractivity contribution < 1.29 is 14.3 Å². The van der Waals surface area contributed by atoms with E-state index in [1.807, 2.05) is 4.90 Å². The van der Waals surface area contributed by atoms with E-state index in [0.717, 1.165) is 12.8 Å². The van der Waals surface area contributed by atoms with Crippen molar-refractivity contribution in [3.05, 3.63) is 33.8 Å². The van der Waals surface area contributed by atoms with Crippen LogP contribution < -0.4 is 0 Å². The van der Waals surface area contributed by atoms with Crippen LogP contribution in [0.5, 0.6) is 0 Å². The Morgan fingerprint density at radius 3 is 2.48 bits per heavy atom. The number of rotatable bonds is 2. The van der Waals surface area contributed by atoms with Crippen molar-refractivity contribution in [3.8, 4) is 0 Å². The van der Waals surface area contributed by atoms with Crippen LogP contribution in [-0.4, -0.2) is 43.4 Å². The SMILES string of the molecule is O=C(c1cc(Cl)ccc1Cl)N1CCC(C2OCCO2)CC1. The predicted octanol–water partition coefficient (Wildman–Crippen LogP) is 3.22. The van der Waals surface area contributed by atoms with E-state index >= 15 is 0 Å². The molecule has 0 radical (unpaired) electrons. The van der Waals surface area contributed by atoms with Gasteiger partial charge >= 0.3 is 0 Å². The average Bonchev–Trinajstić information content (AvgIpc) is 3.03. The second kappa shape index (κ2) is 6.53. The van der Waals surface area contributed by atoms with Crippen LogP contribution in [0.15, 0.2) is 18.2 Å². The van der Waals surface area contributed by atoms with Gasteiger partial charge in [-0.2, -0.15) is 0 Å². The van der Waals surface area contributed by atoms with Gasteiger partial charge in [-0.25, -0.2) is 0 Å². The first-order chi connectivity index (χ1) is 10.1. The number of nitrogens with zero attached hydrogens (tertiary/aromatic N) is 1. The summed E-state index contributed by atoms with van der Waals surface area (Å²) >= 11 is 12.0. The van der Waals surface area contributed by atoms with Crippen molar-refractivity contribution in [1.82, 2.24) is 4.90 Å². The number of hydrogen-bond donors (Lipinski definition) is 0. The Morgan fingerprint density at radius 1 is 1.14 bits per heavy atom. The van der Waals surface area contributed by atoms with Crippen molar-refractivity contribution in [2.45, 2.75) is 19.1 Å². The molecule has 0 spiro atoms. The molecule has 2 aliphatic rings. The van der Waals surface area contributed by atoms with E-state index in [0.29, 0.717) is 47.8 Å². The van der Waals surface area contributed by atoms with E-state index in [1.54, 1.807) is 18.2 Å². The van der Waals surface area contributed by atoms with Crippen LogP contribution >= 0.6 is 23.2 Å². The molecular weight excluding hydrogens is 313 g/mol. The molecule has 0 aliphatic carbocycles. The standard InChI is InChI=1S/C15H17Cl2NO3/c16-11-1-2-13(17)12(9-11)14(19)18-5-3-10(4-6-18)15-20-7-8-21-15/h1-2,9-10,15H,3-8H2. The van der Waals surface area contributed by atoms with Gasteiger partial charge in [0.1, 0.15) is 0 Å². The molecule has 6 heteroatoms. The first kappa shape index (κ1) is 15.1. The third-order valence-electron chi connectivity index (χ3n) is 4.02. The molecule has 2 aliphatic heterocycles. The zero-order valence-electron chi connectivity index (χ0n) is 11.6. The van der Waals surface area contributed by atoms with E-state index in [-0.39, 0.29) is 12.2 Å². The van der Waals surface area contributed by atoms with Gasteiger partial charge in [-0.15, -0.1) is 0 Å². The molecule has 2 fully saturated rings. The molecule has 2 heterocycles. The van der Waals surface area contributed by atoms with Crippen molar-refractivity contribution in [2.24, 2.45) is 5.92 Å². The summed E-state index contributed by atoms with van der Waals surface area (Å²) in [6, 6.07) is 4.97. The summed E-state index contributed by atoms with van der Waals surface area (Å²) in [6.45, 7) is 2.72. The molecule has 0 saturated carbocycles. The molecule has 0 N–H and O–H groups in total. The smallest absolute Gasteiger partial charge is 0.255 e. The molecule has 0 aromatic heterocycles. The lowest BCUT2D eigenvalue weighted by Gasteiger charge is -2.34. The zero-order chi connectivity index (χ0) is 14.8. The molecule has 4 nitrogen and oxygen atoms in total. The van der Waals surface area contributed by atoms with Gasteiger partial charge in [-0.3, -0.25) is 4.79 Å². The summed E-state index contributed by atoms with van der Waals surface area (Å²) < 4.78 is 11.1. The number of benzene rings is 1. The van der Waals surface area contributed by atoms with Crippen LogP contribution in [0.1, 0.15) is 23.2 Å². The minimum absolute atomic E-state index is 0.0609. The Morgan fingerprint density at radius 2 is 1.81 bits per heavy atom. The molecule has 1 amide bonds. The fourth-order valence-corrected chi connectivity index (χ4v) is 3.23. The van der Waals surface area contributed by atoms with Gasteiger partial charge in [-0.05, 0) is 31.0 Å². The molecule has 3 rings (SSSR count). The van der Waals surface area contributed by atoms with Gasteiger partial charge in [0.05, 0.1) is 23.8 Å². The van der Waals surface area contributed by atoms with Gasteiger partial charge in [0.2, 0.25) is 0 Å². The fraction of sp³-hybridized carbons (Fsp3) is 0.533. The average molecular weight is 330 g/mol. The van der Waals surface area contributed by atoms with Crippen LogP contribution in [0, 0.1) is 5.92 Å². The number of piperidine rings is 1. The van der Waals surface area contributed by atoms with Gasteiger partial charge in [0.15, 0.2) is 6.29 Å². The third kappa shape index (κ3) is 3.34. The maximum atomic E-state index is 12.5. The number of carbonyl (C=O) groups excluding carboxylic acids is 1. The largest absolute Gasteiger partial charge is 0.350 e. The maximum Gasteiger partial charge on any atom is 0.255 e. The molecule has 0 bridgehead atoms. The number of likely N-dealkylation sites (tertiary alicyclic amines) is 1. The normalized spacial score (nSPS) is 21.0. The summed E-state index contributed by atoms with van der Waals surface area (Å²) in [4.78, 5) is 14.3. The van der Waals surface area contributed by atoms with Crippen LogP contribution in [0.25, 0.3) is 0 Å². The van der Waals surface area contributed by atoms with E-state index in [2.05, 4.69) is 0 Å². The lowest BCUT2D eigenvalue weighted by atomic mass is 9.95. The lowest BCUT2D eigenvalue weighted by Crippen LogP contribution is -2.41. The summed E-state index contributed by atoms with van der Waals surface area (Å²) in [5.41, 5.74) is 0.469. The van der Waals surface area contributed by atoms with E-state index < -0.39 is 0 Å². The van der Waals surface area contributed by atoms with E-state index in [4.69, 9.17) is 32.7 Å². The second-order valence-electron chi connectivity index (χ2n) is 5.36. The Hall–Kier alpha value is -0.810. The molecule has 2 saturated heterocycles. The Labute approximate surface area is 133 Å². The van der Waals surface area contributed by atoms with Crippen molar-refractivity contribution in [3.63, 3.8) is 0 Å². The van der Waals surface area contributed by atoms with Crippen LogP contribution in [-0.2, 0) is 9.47 Å². The highest BCUT2D eigenvalue weighted by Gasteiger charge is 2.32. The van der Waals surface area contributed by atoms with Crippen LogP contribution in [0.4, 0.5) is 0 Å². The molecule has 1 aromatic carbocycles. The monoisotopic (exact) mass is 329 g/mol. The highest BCUT2D eigenvalue weighted by Crippen LogP contribution is 2.28. The lowest BCUT2D eigenvalue weighted by molar-refractivity contribution is -0.0956. The summed E-state index contributed by atoms with van der Waals surface area (Å²) in [5.74, 6) is 0.306. The predicted molar refractivity (Wildman–Crippen MR) is 80.8 cm³/mol. The third-order valence-corrected chi connectivity index (χ3v) is 4.58. The topological polar surface area (TPSA) is 38.8 Å². The first-order valence-electron chi connectivity index (χ1n) is 7.12. The van der Waals surface area contributed by atoms with Crippen molar-refractivity contribution in [1.29, 1.82) is 0 Å². The highest BCUT2D eigenvalue weighted by molar-refractivity contribution is 6.35. The summed E-state index contributed by atoms with van der Waals surface area (Å²) in [5, 5.41) is 0.958. The van der Waals surface area contributed by atoms with Crippen LogP contribution in [0.2, 0.25) is 10.0 Å². The van der Waals surface area contributed by atoms with Gasteiger partial charge < -0.3 is 14.4 Å². The van der Waals surface area contributed by atoms with Crippen molar-refractivity contribution in [2.75, 3.05) is 26.3 Å². The Balaban J connectivity index is 1.63. The minimum atomic E-state index is -0.1000. The molecule has 114 valence electrons. The first-order valence-corrected chi connectivity index (χ1v) is 7.88. The number of ether oxygens (including phenoxy) is 2. The van der Waals surface area contributed by atoms with Gasteiger partial charge in [0, 0.05) is 24.0 Å². The molecule has 0 atom stereocenters. The zero-order valence-corrected chi connectivity index (χ0v) is 13.1. The second-order valence-corrected chi connectivity index (χ2v) is 6.21. The fourth-order valence-electron chi connectivity index (χ4n) is 2.86. The number of amides is 1. The van der Waals surface area contributed by atoms with Gasteiger partial charge in [0.25, 0.3) is 5.91 Å². The summed E-state index contributed by atoms with van der Waals surface area (Å²) in [6.07, 6.45) is 1.67. The van der Waals surface area contributed by atoms with E-state index in [1.165, 1.54) is 0 Å². The maximum absolute atomic E-state index is 12.5. The van der Waals surface area contributed by atoms with E-state index in [9.17, 15) is 4.79 Å². The molecular formula is C15H17Cl2NO3. The number of halogens is 2.